The Balaban J connectivity index is 2.63. The average Bonchev–Trinajstić information content (AvgIpc) is 2.60. The van der Waals surface area contributed by atoms with Gasteiger partial charge in [-0.25, -0.2) is 8.42 Å². The zero-order chi connectivity index (χ0) is 13.3. The minimum atomic E-state index is -4.50. The van der Waals surface area contributed by atoms with Crippen molar-refractivity contribution in [1.29, 1.82) is 0 Å². The minimum Gasteiger partial charge on any atom is -0.346 e. The van der Waals surface area contributed by atoms with Gasteiger partial charge in [-0.1, -0.05) is 0 Å². The van der Waals surface area contributed by atoms with Gasteiger partial charge >= 0.3 is 6.18 Å². The monoisotopic (exact) mass is 274 g/mol. The highest BCUT2D eigenvalue weighted by Crippen LogP contribution is 2.21. The molecule has 0 aliphatic carbocycles. The second-order valence-corrected chi connectivity index (χ2v) is 5.80. The predicted molar refractivity (Wildman–Crippen MR) is 53.6 cm³/mol. The predicted octanol–water partition coefficient (Wildman–Crippen LogP) is 0.0889. The molecule has 1 saturated heterocycles. The normalized spacial score (nSPS) is 22.7. The number of rotatable bonds is 3. The zero-order valence-electron chi connectivity index (χ0n) is 9.12. The number of amides is 1. The lowest BCUT2D eigenvalue weighted by atomic mass is 10.2. The van der Waals surface area contributed by atoms with E-state index in [2.05, 4.69) is 0 Å². The van der Waals surface area contributed by atoms with Crippen LogP contribution in [0.5, 0.6) is 0 Å². The van der Waals surface area contributed by atoms with Crippen molar-refractivity contribution in [2.24, 2.45) is 0 Å². The summed E-state index contributed by atoms with van der Waals surface area (Å²) in [5.74, 6) is -0.898. The first-order valence-electron chi connectivity index (χ1n) is 4.92. The van der Waals surface area contributed by atoms with Gasteiger partial charge in [0, 0.05) is 6.54 Å². The number of nitrogens with zero attached hydrogens (tertiary/aromatic N) is 1. The van der Waals surface area contributed by atoms with Gasteiger partial charge in [0.1, 0.15) is 12.6 Å². The summed E-state index contributed by atoms with van der Waals surface area (Å²) in [6.45, 7) is -1.27. The van der Waals surface area contributed by atoms with Crippen molar-refractivity contribution in [1.82, 2.24) is 9.62 Å². The highest BCUT2D eigenvalue weighted by Gasteiger charge is 2.37. The Morgan fingerprint density at radius 3 is 2.53 bits per heavy atom. The number of sulfonamides is 1. The Hall–Kier alpha value is -0.830. The summed E-state index contributed by atoms with van der Waals surface area (Å²) in [5, 5.41) is 1.70. The Morgan fingerprint density at radius 2 is 2.06 bits per heavy atom. The standard InChI is InChI=1S/C8H13F3N2O3S/c1-17(15,16)13-4-2-3-6(13)7(14)12-5-8(9,10)11/h6H,2-5H2,1H3,(H,12,14)/t6-/m0/s1. The second kappa shape index (κ2) is 4.81. The van der Waals surface area contributed by atoms with E-state index < -0.39 is 34.7 Å². The first-order chi connectivity index (χ1) is 7.61. The van der Waals surface area contributed by atoms with Crippen LogP contribution in [0.15, 0.2) is 0 Å². The lowest BCUT2D eigenvalue weighted by molar-refractivity contribution is -0.140. The van der Waals surface area contributed by atoms with Crippen molar-refractivity contribution < 1.29 is 26.4 Å². The summed E-state index contributed by atoms with van der Waals surface area (Å²) in [4.78, 5) is 11.4. The van der Waals surface area contributed by atoms with Crippen LogP contribution in [-0.2, 0) is 14.8 Å². The molecular formula is C8H13F3N2O3S. The number of hydrogen-bond acceptors (Lipinski definition) is 3. The van der Waals surface area contributed by atoms with Crippen LogP contribution in [0.4, 0.5) is 13.2 Å². The van der Waals surface area contributed by atoms with Crippen molar-refractivity contribution in [3.63, 3.8) is 0 Å². The Labute approximate surface area is 97.0 Å². The van der Waals surface area contributed by atoms with E-state index in [1.54, 1.807) is 5.32 Å². The van der Waals surface area contributed by atoms with Crippen LogP contribution in [0, 0.1) is 0 Å². The van der Waals surface area contributed by atoms with Crippen LogP contribution in [0.2, 0.25) is 0 Å². The third-order valence-electron chi connectivity index (χ3n) is 2.40. The molecule has 0 aromatic carbocycles. The third kappa shape index (κ3) is 4.15. The van der Waals surface area contributed by atoms with Crippen molar-refractivity contribution in [3.05, 3.63) is 0 Å². The number of alkyl halides is 3. The summed E-state index contributed by atoms with van der Waals surface area (Å²) in [7, 11) is -3.56. The maximum absolute atomic E-state index is 11.9. The molecule has 0 radical (unpaired) electrons. The third-order valence-corrected chi connectivity index (χ3v) is 3.68. The highest BCUT2D eigenvalue weighted by molar-refractivity contribution is 7.88. The van der Waals surface area contributed by atoms with Gasteiger partial charge in [0.05, 0.1) is 6.26 Å². The molecule has 1 heterocycles. The molecule has 1 rings (SSSR count). The fourth-order valence-corrected chi connectivity index (χ4v) is 2.83. The molecule has 1 atom stereocenters. The van der Waals surface area contributed by atoms with Crippen molar-refractivity contribution >= 4 is 15.9 Å². The van der Waals surface area contributed by atoms with E-state index in [0.717, 1.165) is 10.6 Å². The summed E-state index contributed by atoms with van der Waals surface area (Å²) >= 11 is 0. The topological polar surface area (TPSA) is 66.5 Å². The van der Waals surface area contributed by atoms with Crippen LogP contribution in [-0.4, -0.2) is 50.2 Å². The Morgan fingerprint density at radius 1 is 1.47 bits per heavy atom. The Kier molecular flexibility index (Phi) is 4.03. The van der Waals surface area contributed by atoms with Gasteiger partial charge in [-0.05, 0) is 12.8 Å². The van der Waals surface area contributed by atoms with Crippen LogP contribution in [0.3, 0.4) is 0 Å². The van der Waals surface area contributed by atoms with Crippen molar-refractivity contribution in [2.45, 2.75) is 25.1 Å². The number of carbonyl (C=O) groups is 1. The van der Waals surface area contributed by atoms with Crippen molar-refractivity contribution in [2.75, 3.05) is 19.3 Å². The molecule has 100 valence electrons. The van der Waals surface area contributed by atoms with E-state index in [9.17, 15) is 26.4 Å². The second-order valence-electron chi connectivity index (χ2n) is 3.86. The van der Waals surface area contributed by atoms with E-state index in [0.29, 0.717) is 6.42 Å². The number of nitrogens with one attached hydrogen (secondary N) is 1. The molecule has 0 bridgehead atoms. The molecule has 0 unspecified atom stereocenters. The first-order valence-corrected chi connectivity index (χ1v) is 6.77. The molecule has 0 aromatic rings. The Bertz CT molecular complexity index is 393. The van der Waals surface area contributed by atoms with Gasteiger partial charge in [0.15, 0.2) is 0 Å². The molecule has 0 spiro atoms. The van der Waals surface area contributed by atoms with E-state index in [-0.39, 0.29) is 13.0 Å². The molecule has 0 aromatic heterocycles. The lowest BCUT2D eigenvalue weighted by Crippen LogP contribution is -2.47. The van der Waals surface area contributed by atoms with Gasteiger partial charge in [0.2, 0.25) is 15.9 Å². The molecule has 1 amide bonds. The maximum Gasteiger partial charge on any atom is 0.405 e. The molecule has 1 fully saturated rings. The fourth-order valence-electron chi connectivity index (χ4n) is 1.70. The molecule has 17 heavy (non-hydrogen) atoms. The molecule has 5 nitrogen and oxygen atoms in total. The molecule has 1 aliphatic rings. The zero-order valence-corrected chi connectivity index (χ0v) is 9.94. The smallest absolute Gasteiger partial charge is 0.346 e. The summed E-state index contributed by atoms with van der Waals surface area (Å²) in [6, 6.07) is -1.02. The van der Waals surface area contributed by atoms with Gasteiger partial charge in [-0.2, -0.15) is 17.5 Å². The van der Waals surface area contributed by atoms with E-state index in [4.69, 9.17) is 0 Å². The average molecular weight is 274 g/mol. The van der Waals surface area contributed by atoms with Crippen LogP contribution >= 0.6 is 0 Å². The van der Waals surface area contributed by atoms with Gasteiger partial charge in [-0.15, -0.1) is 0 Å². The number of carbonyl (C=O) groups excluding carboxylic acids is 1. The highest BCUT2D eigenvalue weighted by atomic mass is 32.2. The SMILES string of the molecule is CS(=O)(=O)N1CCC[C@H]1C(=O)NCC(F)(F)F. The lowest BCUT2D eigenvalue weighted by Gasteiger charge is -2.21. The molecule has 1 aliphatic heterocycles. The van der Waals surface area contributed by atoms with Gasteiger partial charge in [0.25, 0.3) is 0 Å². The van der Waals surface area contributed by atoms with Gasteiger partial charge in [-0.3, -0.25) is 4.79 Å². The molecule has 1 N–H and O–H groups in total. The summed E-state index contributed by atoms with van der Waals surface area (Å²) in [6.07, 6.45) is -2.85. The summed E-state index contributed by atoms with van der Waals surface area (Å²) < 4.78 is 59.1. The number of halogens is 3. The van der Waals surface area contributed by atoms with Crippen LogP contribution in [0.25, 0.3) is 0 Å². The molecule has 9 heteroatoms. The summed E-state index contributed by atoms with van der Waals surface area (Å²) in [5.41, 5.74) is 0. The van der Waals surface area contributed by atoms with Crippen LogP contribution < -0.4 is 5.32 Å². The quantitative estimate of drug-likeness (QED) is 0.793. The maximum atomic E-state index is 11.9. The van der Waals surface area contributed by atoms with E-state index in [1.807, 2.05) is 0 Å². The minimum absolute atomic E-state index is 0.170. The number of hydrogen-bond donors (Lipinski definition) is 1. The van der Waals surface area contributed by atoms with Crippen molar-refractivity contribution in [3.8, 4) is 0 Å². The van der Waals surface area contributed by atoms with E-state index >= 15 is 0 Å². The fraction of sp³-hybridized carbons (Fsp3) is 0.875. The molecular weight excluding hydrogens is 261 g/mol. The van der Waals surface area contributed by atoms with Gasteiger partial charge < -0.3 is 5.32 Å². The molecule has 0 saturated carbocycles. The first kappa shape index (κ1) is 14.2. The van der Waals surface area contributed by atoms with E-state index in [1.165, 1.54) is 0 Å². The largest absolute Gasteiger partial charge is 0.405 e. The van der Waals surface area contributed by atoms with Crippen LogP contribution in [0.1, 0.15) is 12.8 Å².